The Morgan fingerprint density at radius 1 is 1.41 bits per heavy atom. The summed E-state index contributed by atoms with van der Waals surface area (Å²) in [6.45, 7) is 5.39. The van der Waals surface area contributed by atoms with Gasteiger partial charge in [0.1, 0.15) is 10.3 Å². The summed E-state index contributed by atoms with van der Waals surface area (Å²) < 4.78 is 9.23. The number of rotatable bonds is 2. The van der Waals surface area contributed by atoms with E-state index < -0.39 is 0 Å². The van der Waals surface area contributed by atoms with Gasteiger partial charge in [-0.3, -0.25) is 9.48 Å². The van der Waals surface area contributed by atoms with Crippen LogP contribution >= 0.6 is 22.6 Å². The quantitative estimate of drug-likeness (QED) is 0.698. The number of hydrogen-bond donors (Lipinski definition) is 0. The number of halogens is 1. The third kappa shape index (κ3) is 2.21. The number of nitrogens with zero attached hydrogens (tertiary/aromatic N) is 3. The summed E-state index contributed by atoms with van der Waals surface area (Å²) in [6, 6.07) is 2.65. The molecule has 4 rings (SSSR count). The zero-order valence-electron chi connectivity index (χ0n) is 13.3. The molecule has 0 N–H and O–H groups in total. The Morgan fingerprint density at radius 3 is 2.68 bits per heavy atom. The Hall–Kier alpha value is -0.630. The van der Waals surface area contributed by atoms with Gasteiger partial charge in [0.05, 0.1) is 5.60 Å². The van der Waals surface area contributed by atoms with Crippen LogP contribution in [-0.4, -0.2) is 46.4 Å². The lowest BCUT2D eigenvalue weighted by Crippen LogP contribution is -2.52. The van der Waals surface area contributed by atoms with Crippen molar-refractivity contribution in [3.8, 4) is 0 Å². The topological polar surface area (TPSA) is 47.4 Å². The lowest BCUT2D eigenvalue weighted by molar-refractivity contribution is -0.162. The first-order chi connectivity index (χ1) is 10.4. The predicted molar refractivity (Wildman–Crippen MR) is 90.6 cm³/mol. The molecule has 1 amide bonds. The maximum atomic E-state index is 11.6. The highest BCUT2D eigenvalue weighted by Gasteiger charge is 2.64. The molecule has 0 bridgehead atoms. The van der Waals surface area contributed by atoms with E-state index >= 15 is 0 Å². The number of carbonyl (C=O) groups is 1. The first kappa shape index (κ1) is 14.9. The molecule has 1 aromatic heterocycles. The molecule has 2 saturated carbocycles. The van der Waals surface area contributed by atoms with E-state index in [1.165, 1.54) is 5.69 Å². The zero-order chi connectivity index (χ0) is 15.6. The van der Waals surface area contributed by atoms with Crippen LogP contribution in [0.2, 0.25) is 0 Å². The van der Waals surface area contributed by atoms with Crippen LogP contribution in [0.1, 0.15) is 44.3 Å². The zero-order valence-corrected chi connectivity index (χ0v) is 15.4. The number of aromatic nitrogens is 2. The van der Waals surface area contributed by atoms with E-state index in [0.29, 0.717) is 23.8 Å². The van der Waals surface area contributed by atoms with Crippen molar-refractivity contribution < 1.29 is 9.53 Å². The highest BCUT2D eigenvalue weighted by atomic mass is 127. The minimum atomic E-state index is -0.0790. The van der Waals surface area contributed by atoms with E-state index in [4.69, 9.17) is 4.74 Å². The lowest BCUT2D eigenvalue weighted by Gasteiger charge is -2.40. The summed E-state index contributed by atoms with van der Waals surface area (Å²) in [4.78, 5) is 13.5. The van der Waals surface area contributed by atoms with Crippen LogP contribution in [0.5, 0.6) is 0 Å². The standard InChI is InChI=1S/C16H22IN3O2/c1-9(2)20-12(4-13(17)18-20)15-10-5-16(6-11(10)15)8-19(3)14(21)7-22-16/h4,9-11,15H,5-8H2,1-3H3/t10-,11+,15+,16?. The van der Waals surface area contributed by atoms with Gasteiger partial charge in [0.15, 0.2) is 0 Å². The molecule has 120 valence electrons. The molecule has 6 heteroatoms. The number of amides is 1. The summed E-state index contributed by atoms with van der Waals surface area (Å²) in [7, 11) is 1.89. The molecule has 22 heavy (non-hydrogen) atoms. The van der Waals surface area contributed by atoms with Crippen molar-refractivity contribution in [3.05, 3.63) is 15.5 Å². The number of ether oxygens (including phenoxy) is 1. The molecule has 5 nitrogen and oxygen atoms in total. The fourth-order valence-electron chi connectivity index (χ4n) is 4.56. The summed E-state index contributed by atoms with van der Waals surface area (Å²) in [5.74, 6) is 2.14. The minimum absolute atomic E-state index is 0.0790. The van der Waals surface area contributed by atoms with Gasteiger partial charge < -0.3 is 9.64 Å². The number of morpholine rings is 1. The molecular weight excluding hydrogens is 393 g/mol. The van der Waals surface area contributed by atoms with Crippen LogP contribution in [0.15, 0.2) is 6.07 Å². The summed E-state index contributed by atoms with van der Waals surface area (Å²) in [6.07, 6.45) is 2.17. The van der Waals surface area contributed by atoms with E-state index in [-0.39, 0.29) is 18.1 Å². The second-order valence-corrected chi connectivity index (χ2v) is 8.52. The van der Waals surface area contributed by atoms with Crippen molar-refractivity contribution in [2.75, 3.05) is 20.2 Å². The van der Waals surface area contributed by atoms with Crippen LogP contribution in [-0.2, 0) is 9.53 Å². The van der Waals surface area contributed by atoms with E-state index in [1.54, 1.807) is 0 Å². The van der Waals surface area contributed by atoms with Crippen LogP contribution in [0.4, 0.5) is 0 Å². The van der Waals surface area contributed by atoms with E-state index in [2.05, 4.69) is 52.3 Å². The highest BCUT2D eigenvalue weighted by molar-refractivity contribution is 14.1. The van der Waals surface area contributed by atoms with Gasteiger partial charge in [-0.05, 0) is 67.2 Å². The van der Waals surface area contributed by atoms with E-state index in [1.807, 2.05) is 11.9 Å². The van der Waals surface area contributed by atoms with Crippen molar-refractivity contribution in [2.45, 2.75) is 44.2 Å². The number of hydrogen-bond acceptors (Lipinski definition) is 3. The smallest absolute Gasteiger partial charge is 0.248 e. The van der Waals surface area contributed by atoms with Crippen LogP contribution in [0.25, 0.3) is 0 Å². The molecule has 1 aromatic rings. The summed E-state index contributed by atoms with van der Waals surface area (Å²) in [5.41, 5.74) is 1.31. The maximum Gasteiger partial charge on any atom is 0.248 e. The molecule has 3 fully saturated rings. The van der Waals surface area contributed by atoms with Crippen LogP contribution < -0.4 is 0 Å². The third-order valence-electron chi connectivity index (χ3n) is 5.57. The van der Waals surface area contributed by atoms with Crippen LogP contribution in [0, 0.1) is 15.5 Å². The molecule has 2 aliphatic carbocycles. The van der Waals surface area contributed by atoms with Crippen molar-refractivity contribution in [2.24, 2.45) is 11.8 Å². The molecule has 1 unspecified atom stereocenters. The van der Waals surface area contributed by atoms with Crippen molar-refractivity contribution in [1.82, 2.24) is 14.7 Å². The molecule has 0 aromatic carbocycles. The average molecular weight is 415 g/mol. The van der Waals surface area contributed by atoms with Crippen molar-refractivity contribution >= 4 is 28.5 Å². The van der Waals surface area contributed by atoms with Gasteiger partial charge in [0.25, 0.3) is 0 Å². The number of carbonyl (C=O) groups excluding carboxylic acids is 1. The van der Waals surface area contributed by atoms with Gasteiger partial charge in [-0.15, -0.1) is 0 Å². The highest BCUT2D eigenvalue weighted by Crippen LogP contribution is 2.67. The van der Waals surface area contributed by atoms with Crippen molar-refractivity contribution in [3.63, 3.8) is 0 Å². The fourth-order valence-corrected chi connectivity index (χ4v) is 5.11. The molecular formula is C16H22IN3O2. The molecule has 0 radical (unpaired) electrons. The number of fused-ring (bicyclic) bond motifs is 1. The van der Waals surface area contributed by atoms with Crippen LogP contribution in [0.3, 0.4) is 0 Å². The second-order valence-electron chi connectivity index (χ2n) is 7.41. The Kier molecular flexibility index (Phi) is 3.35. The van der Waals surface area contributed by atoms with Gasteiger partial charge in [0, 0.05) is 31.2 Å². The molecule has 1 aliphatic heterocycles. The summed E-state index contributed by atoms with van der Waals surface area (Å²) in [5, 5.41) is 4.64. The van der Waals surface area contributed by atoms with Gasteiger partial charge in [-0.1, -0.05) is 0 Å². The second kappa shape index (κ2) is 4.93. The van der Waals surface area contributed by atoms with Crippen molar-refractivity contribution in [1.29, 1.82) is 0 Å². The van der Waals surface area contributed by atoms with Gasteiger partial charge in [0.2, 0.25) is 5.91 Å². The first-order valence-electron chi connectivity index (χ1n) is 8.03. The molecule has 4 atom stereocenters. The third-order valence-corrected chi connectivity index (χ3v) is 6.09. The average Bonchev–Trinajstić information content (AvgIpc) is 2.82. The Morgan fingerprint density at radius 2 is 2.09 bits per heavy atom. The lowest BCUT2D eigenvalue weighted by atomic mass is 9.91. The normalized spacial score (nSPS) is 37.2. The largest absolute Gasteiger partial charge is 0.363 e. The fraction of sp³-hybridized carbons (Fsp3) is 0.750. The minimum Gasteiger partial charge on any atom is -0.363 e. The van der Waals surface area contributed by atoms with Gasteiger partial charge in [-0.25, -0.2) is 0 Å². The predicted octanol–water partition coefficient (Wildman–Crippen LogP) is 2.42. The Bertz CT molecular complexity index is 615. The Labute approximate surface area is 144 Å². The molecule has 1 spiro atoms. The molecule has 2 heterocycles. The summed E-state index contributed by atoms with van der Waals surface area (Å²) >= 11 is 2.31. The first-order valence-corrected chi connectivity index (χ1v) is 9.11. The molecule has 3 aliphatic rings. The van der Waals surface area contributed by atoms with Gasteiger partial charge >= 0.3 is 0 Å². The van der Waals surface area contributed by atoms with Gasteiger partial charge in [-0.2, -0.15) is 5.10 Å². The SMILES string of the molecule is CC(C)n1nc(I)cc1[C@H]1[C@@H]2CC3(C[C@@H]21)CN(C)C(=O)CO3. The monoisotopic (exact) mass is 415 g/mol. The van der Waals surface area contributed by atoms with E-state index in [9.17, 15) is 4.79 Å². The maximum absolute atomic E-state index is 11.6. The van der Waals surface area contributed by atoms with E-state index in [0.717, 1.165) is 23.1 Å². The molecule has 1 saturated heterocycles. The Balaban J connectivity index is 1.50. The number of likely N-dealkylation sites (N-methyl/N-ethyl adjacent to an activating group) is 1.